The summed E-state index contributed by atoms with van der Waals surface area (Å²) in [5.74, 6) is 1.32. The van der Waals surface area contributed by atoms with Gasteiger partial charge in [-0.1, -0.05) is 0 Å². The van der Waals surface area contributed by atoms with Crippen molar-refractivity contribution < 1.29 is 14.3 Å². The highest BCUT2D eigenvalue weighted by Crippen LogP contribution is 2.43. The molecule has 0 radical (unpaired) electrons. The summed E-state index contributed by atoms with van der Waals surface area (Å²) in [6.45, 7) is 5.95. The number of benzene rings is 1. The van der Waals surface area contributed by atoms with Gasteiger partial charge >= 0.3 is 0 Å². The molecular formula is C21H28N2O3S. The third-order valence-corrected chi connectivity index (χ3v) is 5.81. The molecule has 27 heavy (non-hydrogen) atoms. The minimum absolute atomic E-state index is 0.0412. The van der Waals surface area contributed by atoms with Gasteiger partial charge in [0, 0.05) is 17.5 Å². The maximum atomic E-state index is 12.8. The van der Waals surface area contributed by atoms with E-state index in [9.17, 15) is 4.79 Å². The Kier molecular flexibility index (Phi) is 5.49. The molecule has 6 heteroatoms. The van der Waals surface area contributed by atoms with E-state index in [0.29, 0.717) is 5.75 Å². The number of hydrogen-bond acceptors (Lipinski definition) is 5. The molecule has 0 aliphatic heterocycles. The summed E-state index contributed by atoms with van der Waals surface area (Å²) in [5.41, 5.74) is 9.56. The van der Waals surface area contributed by atoms with Gasteiger partial charge in [-0.25, -0.2) is 0 Å². The zero-order valence-corrected chi connectivity index (χ0v) is 17.4. The van der Waals surface area contributed by atoms with E-state index in [1.165, 1.54) is 16.9 Å². The Labute approximate surface area is 164 Å². The molecule has 1 heterocycles. The second kappa shape index (κ2) is 7.52. The molecule has 1 aromatic heterocycles. The Morgan fingerprint density at radius 2 is 1.85 bits per heavy atom. The summed E-state index contributed by atoms with van der Waals surface area (Å²) in [5, 5.41) is 5.03. The lowest BCUT2D eigenvalue weighted by Crippen LogP contribution is -2.41. The van der Waals surface area contributed by atoms with Crippen LogP contribution in [-0.2, 0) is 6.42 Å². The summed E-state index contributed by atoms with van der Waals surface area (Å²) in [6.07, 6.45) is 1.75. The van der Waals surface area contributed by atoms with Gasteiger partial charge in [-0.15, -0.1) is 11.3 Å². The van der Waals surface area contributed by atoms with Gasteiger partial charge in [-0.3, -0.25) is 4.79 Å². The lowest BCUT2D eigenvalue weighted by molar-refractivity contribution is 0.0922. The zero-order valence-electron chi connectivity index (χ0n) is 16.6. The van der Waals surface area contributed by atoms with E-state index in [0.717, 1.165) is 34.6 Å². The highest BCUT2D eigenvalue weighted by atomic mass is 32.1. The number of carbonyl (C=O) groups is 1. The highest BCUT2D eigenvalue weighted by molar-refractivity contribution is 7.12. The van der Waals surface area contributed by atoms with Crippen molar-refractivity contribution in [2.75, 3.05) is 14.2 Å². The van der Waals surface area contributed by atoms with Crippen molar-refractivity contribution in [2.45, 2.75) is 51.1 Å². The Balaban J connectivity index is 2.07. The first-order valence-corrected chi connectivity index (χ1v) is 10.0. The number of nitrogens with one attached hydrogen (secondary N) is 1. The lowest BCUT2D eigenvalue weighted by Gasteiger charge is -2.32. The maximum absolute atomic E-state index is 12.8. The number of hydrogen-bond donors (Lipinski definition) is 2. The summed E-state index contributed by atoms with van der Waals surface area (Å²) < 4.78 is 11.0. The summed E-state index contributed by atoms with van der Waals surface area (Å²) in [4.78, 5) is 13.6. The standard InChI is InChI=1S/C21H28N2O3S/c1-21(2,3)23-20(24)19-13(8-9-27-19)18-14-11-17(26-5)16(25-4)10-12(14)6-7-15(18)22/h8-11,15,18H,6-7,22H2,1-5H3,(H,23,24)/t15-,18-/m0/s1. The zero-order chi connectivity index (χ0) is 19.8. The Hall–Kier alpha value is -2.05. The Morgan fingerprint density at radius 3 is 2.48 bits per heavy atom. The number of fused-ring (bicyclic) bond motifs is 1. The first-order chi connectivity index (χ1) is 12.7. The molecule has 146 valence electrons. The smallest absolute Gasteiger partial charge is 0.262 e. The maximum Gasteiger partial charge on any atom is 0.262 e. The number of nitrogens with two attached hydrogens (primary N) is 1. The van der Waals surface area contributed by atoms with E-state index < -0.39 is 0 Å². The molecule has 5 nitrogen and oxygen atoms in total. The molecular weight excluding hydrogens is 360 g/mol. The van der Waals surface area contributed by atoms with Gasteiger partial charge in [0.2, 0.25) is 0 Å². The SMILES string of the molecule is COc1cc2c(cc1OC)[C@H](c1ccsc1C(=O)NC(C)(C)C)[C@@H](N)CC2. The van der Waals surface area contributed by atoms with Crippen molar-refractivity contribution in [1.82, 2.24) is 5.32 Å². The summed E-state index contributed by atoms with van der Waals surface area (Å²) in [6, 6.07) is 6.03. The van der Waals surface area contributed by atoms with Crippen LogP contribution in [0, 0.1) is 0 Å². The molecule has 0 spiro atoms. The number of rotatable bonds is 4. The highest BCUT2D eigenvalue weighted by Gasteiger charge is 2.33. The van der Waals surface area contributed by atoms with Crippen molar-refractivity contribution in [2.24, 2.45) is 5.73 Å². The van der Waals surface area contributed by atoms with Crippen LogP contribution in [0.25, 0.3) is 0 Å². The van der Waals surface area contributed by atoms with Crippen molar-refractivity contribution in [3.63, 3.8) is 0 Å². The molecule has 0 bridgehead atoms. The van der Waals surface area contributed by atoms with Crippen LogP contribution in [0.15, 0.2) is 23.6 Å². The average molecular weight is 389 g/mol. The number of thiophene rings is 1. The van der Waals surface area contributed by atoms with Crippen LogP contribution in [0.3, 0.4) is 0 Å². The minimum Gasteiger partial charge on any atom is -0.493 e. The fraction of sp³-hybridized carbons (Fsp3) is 0.476. The van der Waals surface area contributed by atoms with Crippen LogP contribution in [0.4, 0.5) is 0 Å². The molecule has 3 N–H and O–H groups in total. The van der Waals surface area contributed by atoms with Gasteiger partial charge in [-0.2, -0.15) is 0 Å². The monoisotopic (exact) mass is 388 g/mol. The first kappa shape index (κ1) is 19.7. The van der Waals surface area contributed by atoms with E-state index in [4.69, 9.17) is 15.2 Å². The minimum atomic E-state index is -0.290. The van der Waals surface area contributed by atoms with Crippen LogP contribution in [0.1, 0.15) is 59.5 Å². The van der Waals surface area contributed by atoms with Gasteiger partial charge in [0.1, 0.15) is 0 Å². The van der Waals surface area contributed by atoms with E-state index in [2.05, 4.69) is 5.32 Å². The van der Waals surface area contributed by atoms with Crippen molar-refractivity contribution >= 4 is 17.2 Å². The van der Waals surface area contributed by atoms with E-state index in [1.54, 1.807) is 14.2 Å². The van der Waals surface area contributed by atoms with Crippen LogP contribution < -0.4 is 20.5 Å². The first-order valence-electron chi connectivity index (χ1n) is 9.15. The van der Waals surface area contributed by atoms with E-state index >= 15 is 0 Å². The van der Waals surface area contributed by atoms with Crippen molar-refractivity contribution in [1.29, 1.82) is 0 Å². The quantitative estimate of drug-likeness (QED) is 0.838. The van der Waals surface area contributed by atoms with Crippen LogP contribution in [0.5, 0.6) is 11.5 Å². The molecule has 1 aliphatic carbocycles. The molecule has 3 rings (SSSR count). The molecule has 0 unspecified atom stereocenters. The third-order valence-electron chi connectivity index (χ3n) is 4.88. The predicted octanol–water partition coefficient (Wildman–Crippen LogP) is 3.70. The summed E-state index contributed by atoms with van der Waals surface area (Å²) >= 11 is 1.46. The number of aryl methyl sites for hydroxylation is 1. The molecule has 0 saturated carbocycles. The van der Waals surface area contributed by atoms with Gasteiger partial charge in [0.05, 0.1) is 19.1 Å². The van der Waals surface area contributed by atoms with Gasteiger partial charge in [0.25, 0.3) is 5.91 Å². The third kappa shape index (κ3) is 3.96. The molecule has 1 aliphatic rings. The van der Waals surface area contributed by atoms with Crippen LogP contribution >= 0.6 is 11.3 Å². The fourth-order valence-corrected chi connectivity index (χ4v) is 4.55. The second-order valence-corrected chi connectivity index (χ2v) is 8.91. The average Bonchev–Trinajstić information content (AvgIpc) is 3.08. The number of methoxy groups -OCH3 is 2. The van der Waals surface area contributed by atoms with Gasteiger partial charge in [-0.05, 0) is 73.9 Å². The summed E-state index contributed by atoms with van der Waals surface area (Å²) in [7, 11) is 3.28. The lowest BCUT2D eigenvalue weighted by atomic mass is 9.75. The predicted molar refractivity (Wildman–Crippen MR) is 109 cm³/mol. The molecule has 2 aromatic rings. The normalized spacial score (nSPS) is 19.3. The number of carbonyl (C=O) groups excluding carboxylic acids is 1. The Morgan fingerprint density at radius 1 is 1.19 bits per heavy atom. The molecule has 2 atom stereocenters. The fourth-order valence-electron chi connectivity index (χ4n) is 3.71. The largest absolute Gasteiger partial charge is 0.493 e. The van der Waals surface area contributed by atoms with Crippen molar-refractivity contribution in [3.8, 4) is 11.5 Å². The topological polar surface area (TPSA) is 73.6 Å². The second-order valence-electron chi connectivity index (χ2n) is 8.00. The van der Waals surface area contributed by atoms with E-state index in [-0.39, 0.29) is 23.4 Å². The van der Waals surface area contributed by atoms with Crippen LogP contribution in [0.2, 0.25) is 0 Å². The van der Waals surface area contributed by atoms with E-state index in [1.807, 2.05) is 44.4 Å². The van der Waals surface area contributed by atoms with Gasteiger partial charge in [0.15, 0.2) is 11.5 Å². The van der Waals surface area contributed by atoms with Crippen molar-refractivity contribution in [3.05, 3.63) is 45.1 Å². The van der Waals surface area contributed by atoms with Crippen LogP contribution in [-0.4, -0.2) is 31.7 Å². The molecule has 1 aromatic carbocycles. The van der Waals surface area contributed by atoms with Gasteiger partial charge < -0.3 is 20.5 Å². The Bertz CT molecular complexity index is 838. The molecule has 0 saturated heterocycles. The number of ether oxygens (including phenoxy) is 2. The molecule has 1 amide bonds. The number of amides is 1. The molecule has 0 fully saturated rings.